The quantitative estimate of drug-likeness (QED) is 0.128. The molecule has 6 N–H and O–H groups in total. The number of amides is 1. The lowest BCUT2D eigenvalue weighted by molar-refractivity contribution is -0.137. The van der Waals surface area contributed by atoms with Gasteiger partial charge in [0.25, 0.3) is 0 Å². The molecule has 0 radical (unpaired) electrons. The zero-order chi connectivity index (χ0) is 34.1. The molecule has 0 bridgehead atoms. The highest BCUT2D eigenvalue weighted by molar-refractivity contribution is 14.1. The maximum atomic E-state index is 11.7. The van der Waals surface area contributed by atoms with E-state index in [9.17, 15) is 36.5 Å². The van der Waals surface area contributed by atoms with Gasteiger partial charge in [0.15, 0.2) is 0 Å². The lowest BCUT2D eigenvalue weighted by atomic mass is 9.78. The number of alkyl halides is 1. The molecule has 2 saturated carbocycles. The second kappa shape index (κ2) is 16.7. The molecule has 13 nitrogen and oxygen atoms in total. The van der Waals surface area contributed by atoms with Crippen molar-refractivity contribution in [3.8, 4) is 0 Å². The van der Waals surface area contributed by atoms with Crippen molar-refractivity contribution in [1.82, 2.24) is 4.72 Å². The van der Waals surface area contributed by atoms with Crippen LogP contribution in [0.15, 0.2) is 36.4 Å². The fourth-order valence-electron chi connectivity index (χ4n) is 4.42. The van der Waals surface area contributed by atoms with Gasteiger partial charge >= 0.3 is 20.2 Å². The molecule has 6 rings (SSSR count). The number of aryl methyl sites for hydroxylation is 2. The van der Waals surface area contributed by atoms with Crippen LogP contribution in [0.3, 0.4) is 0 Å². The topological polar surface area (TPSA) is 220 Å². The minimum atomic E-state index is -3.47. The van der Waals surface area contributed by atoms with Crippen molar-refractivity contribution in [2.45, 2.75) is 75.1 Å². The number of carboxylic acids is 1. The zero-order valence-electron chi connectivity index (χ0n) is 25.4. The summed E-state index contributed by atoms with van der Waals surface area (Å²) in [6.07, 6.45) is 3.90. The second-order valence-corrected chi connectivity index (χ2v) is 14.7. The number of hydrogen-bond acceptors (Lipinski definition) is 10. The van der Waals surface area contributed by atoms with E-state index in [1.807, 2.05) is 52.9 Å². The van der Waals surface area contributed by atoms with Gasteiger partial charge < -0.3 is 24.5 Å². The highest BCUT2D eigenvalue weighted by Crippen LogP contribution is 2.27. The van der Waals surface area contributed by atoms with E-state index in [1.54, 1.807) is 6.07 Å². The molecule has 2 aromatic rings. The van der Waals surface area contributed by atoms with E-state index >= 15 is 0 Å². The minimum Gasteiger partial charge on any atom is -0.481 e. The molecule has 45 heavy (non-hydrogen) atoms. The van der Waals surface area contributed by atoms with Crippen LogP contribution in [0.25, 0.3) is 0 Å². The van der Waals surface area contributed by atoms with Gasteiger partial charge in [0.2, 0.25) is 26.0 Å². The molecule has 0 aromatic heterocycles. The van der Waals surface area contributed by atoms with Gasteiger partial charge in [-0.25, -0.2) is 22.0 Å². The van der Waals surface area contributed by atoms with Crippen LogP contribution < -0.4 is 20.8 Å². The fraction of sp³-hybridized carbons (Fsp3) is 0.481. The SMILES string of the molecule is NS(=O)(=O)C1CC1.O=C(CCc1ccc2c(c1)B(O)OC2)NS(=O)(=O)C1CC1.O=C(O)CCc1ccc2c(c1)B(O)OC2.[2H]CI. The van der Waals surface area contributed by atoms with Gasteiger partial charge in [-0.1, -0.05) is 59.0 Å². The normalized spacial score (nSPS) is 16.8. The van der Waals surface area contributed by atoms with Crippen molar-refractivity contribution in [2.75, 3.05) is 4.91 Å². The average Bonchev–Trinajstić information content (AvgIpc) is 3.92. The van der Waals surface area contributed by atoms with E-state index in [0.717, 1.165) is 46.0 Å². The molecule has 2 heterocycles. The molecular formula is C27H37B2IN2O11S2. The Morgan fingerprint density at radius 3 is 1.73 bits per heavy atom. The first-order chi connectivity index (χ1) is 21.6. The van der Waals surface area contributed by atoms with Crippen molar-refractivity contribution in [1.29, 1.82) is 0 Å². The molecule has 0 atom stereocenters. The molecule has 246 valence electrons. The molecule has 4 aliphatic rings. The number of aliphatic carboxylic acids is 1. The van der Waals surface area contributed by atoms with E-state index in [2.05, 4.69) is 4.72 Å². The van der Waals surface area contributed by atoms with Gasteiger partial charge in [-0.3, -0.25) is 14.3 Å². The number of nitrogens with two attached hydrogens (primary N) is 1. The molecule has 2 fully saturated rings. The number of carbonyl (C=O) groups is 2. The van der Waals surface area contributed by atoms with Gasteiger partial charge in [-0.15, -0.1) is 0 Å². The van der Waals surface area contributed by atoms with E-state index in [4.69, 9.17) is 20.9 Å². The Morgan fingerprint density at radius 1 is 0.911 bits per heavy atom. The van der Waals surface area contributed by atoms with Gasteiger partial charge in [0, 0.05) is 14.2 Å². The van der Waals surface area contributed by atoms with Crippen molar-refractivity contribution in [2.24, 2.45) is 5.14 Å². The summed E-state index contributed by atoms with van der Waals surface area (Å²) in [5, 5.41) is 31.7. The lowest BCUT2D eigenvalue weighted by Gasteiger charge is -2.07. The van der Waals surface area contributed by atoms with Crippen LogP contribution in [-0.4, -0.2) is 73.5 Å². The fourth-order valence-corrected chi connectivity index (χ4v) is 6.55. The zero-order valence-corrected chi connectivity index (χ0v) is 28.2. The predicted molar refractivity (Wildman–Crippen MR) is 178 cm³/mol. The molecule has 18 heteroatoms. The largest absolute Gasteiger partial charge is 0.491 e. The predicted octanol–water partition coefficient (Wildman–Crippen LogP) is -0.145. The Balaban J connectivity index is 0.000000199. The summed E-state index contributed by atoms with van der Waals surface area (Å²) in [5.41, 5.74) is 5.18. The molecule has 0 saturated heterocycles. The van der Waals surface area contributed by atoms with Gasteiger partial charge in [-0.2, -0.15) is 0 Å². The maximum Gasteiger partial charge on any atom is 0.491 e. The molecule has 0 unspecified atom stereocenters. The van der Waals surface area contributed by atoms with Crippen LogP contribution in [0.5, 0.6) is 0 Å². The third kappa shape index (κ3) is 11.9. The molecule has 2 aliphatic carbocycles. The summed E-state index contributed by atoms with van der Waals surface area (Å²) < 4.78 is 62.0. The number of primary sulfonamides is 1. The van der Waals surface area contributed by atoms with Crippen LogP contribution in [0, 0.1) is 0 Å². The van der Waals surface area contributed by atoms with Crippen LogP contribution in [0.4, 0.5) is 0 Å². The number of carbonyl (C=O) groups excluding carboxylic acids is 1. The molecule has 2 aromatic carbocycles. The average molecular weight is 779 g/mol. The first-order valence-electron chi connectivity index (χ1n) is 14.8. The number of carboxylic acid groups (broad SMARTS) is 1. The summed E-state index contributed by atoms with van der Waals surface area (Å²) in [4.78, 5) is 22.6. The van der Waals surface area contributed by atoms with Gasteiger partial charge in [0.05, 0.1) is 23.7 Å². The maximum absolute atomic E-state index is 11.7. The van der Waals surface area contributed by atoms with Crippen LogP contribution in [0.1, 0.15) is 62.1 Å². The number of nitrogens with one attached hydrogen (secondary N) is 1. The van der Waals surface area contributed by atoms with E-state index in [0.29, 0.717) is 43.8 Å². The summed E-state index contributed by atoms with van der Waals surface area (Å²) in [7, 11) is -8.37. The molecular weight excluding hydrogens is 741 g/mol. The Labute approximate surface area is 279 Å². The van der Waals surface area contributed by atoms with E-state index < -0.39 is 51.4 Å². The van der Waals surface area contributed by atoms with E-state index in [-0.39, 0.29) is 18.1 Å². The number of hydrogen-bond donors (Lipinski definition) is 5. The van der Waals surface area contributed by atoms with Gasteiger partial charge in [-0.05, 0) is 76.6 Å². The standard InChI is InChI=1S/C13H16BNO5S.C10H11BO4.C3H7NO2S.CH3I/c16-13(15-21(18,19)11-4-5-11)6-2-9-1-3-10-8-20-14(17)12(10)7-9;12-10(13)4-2-7-1-3-8-6-15-11(14)9(8)5-7;4-7(5,6)3-1-2-3;1-2/h1,3,7,11,17H,2,4-6,8H2,(H,15,16);1,3,5,14H,2,4,6H2,(H,12,13);3H,1-2H2,(H2,4,5,6);1H3/i;;;1D. The number of benzene rings is 2. The Morgan fingerprint density at radius 2 is 1.36 bits per heavy atom. The second-order valence-electron chi connectivity index (χ2n) is 10.8. The smallest absolute Gasteiger partial charge is 0.481 e. The molecule has 1 amide bonds. The van der Waals surface area contributed by atoms with Crippen molar-refractivity contribution < 1.29 is 52.3 Å². The first kappa shape index (κ1) is 35.8. The molecule has 0 spiro atoms. The lowest BCUT2D eigenvalue weighted by Crippen LogP contribution is -2.33. The number of fused-ring (bicyclic) bond motifs is 2. The van der Waals surface area contributed by atoms with Crippen molar-refractivity contribution in [3.05, 3.63) is 58.7 Å². The Bertz CT molecular complexity index is 1590. The Kier molecular flexibility index (Phi) is 13.3. The summed E-state index contributed by atoms with van der Waals surface area (Å²) in [6.45, 7) is 0.812. The van der Waals surface area contributed by atoms with Crippen molar-refractivity contribution in [3.63, 3.8) is 0 Å². The van der Waals surface area contributed by atoms with Crippen LogP contribution in [0.2, 0.25) is 0 Å². The third-order valence-corrected chi connectivity index (χ3v) is 10.5. The summed E-state index contributed by atoms with van der Waals surface area (Å²) in [5.74, 6) is -1.30. The minimum absolute atomic E-state index is 0.0989. The molecule has 2 aliphatic heterocycles. The summed E-state index contributed by atoms with van der Waals surface area (Å²) in [6, 6.07) is 11.1. The number of halogens is 1. The third-order valence-electron chi connectivity index (χ3n) is 7.22. The first-order valence-corrected chi connectivity index (χ1v) is 18.8. The summed E-state index contributed by atoms with van der Waals surface area (Å²) >= 11 is 1.96. The van der Waals surface area contributed by atoms with Crippen molar-refractivity contribution >= 4 is 79.7 Å². The van der Waals surface area contributed by atoms with E-state index in [1.165, 1.54) is 0 Å². The van der Waals surface area contributed by atoms with Gasteiger partial charge in [0.1, 0.15) is 0 Å². The number of sulfonamides is 2. The van der Waals surface area contributed by atoms with Crippen LogP contribution in [-0.2, 0) is 65.0 Å². The number of rotatable bonds is 9. The highest BCUT2D eigenvalue weighted by atomic mass is 127. The monoisotopic (exact) mass is 779 g/mol. The van der Waals surface area contributed by atoms with Crippen LogP contribution >= 0.6 is 22.6 Å². The Hall–Kier alpha value is -2.06. The highest BCUT2D eigenvalue weighted by Gasteiger charge is 2.36.